The average Bonchev–Trinajstić information content (AvgIpc) is 1.36. The van der Waals surface area contributed by atoms with Gasteiger partial charge in [0.1, 0.15) is 0 Å². The van der Waals surface area contributed by atoms with Gasteiger partial charge in [0.2, 0.25) is 0 Å². The monoisotopic (exact) mass is 103 g/mol. The van der Waals surface area contributed by atoms with Crippen molar-refractivity contribution in [1.82, 2.24) is 0 Å². The molecule has 0 aliphatic carbocycles. The topological polar surface area (TPSA) is 26.0 Å². The molecule has 2 radical (unpaired) electrons. The maximum Gasteiger partial charge on any atom is 0.0923 e. The number of hydrogen-bond donors (Lipinski definition) is 1. The first kappa shape index (κ1) is 6.31. The Labute approximate surface area is 44.3 Å². The van der Waals surface area contributed by atoms with Crippen molar-refractivity contribution in [3.05, 3.63) is 0 Å². The maximum atomic E-state index is 5.36. The van der Waals surface area contributed by atoms with Crippen LogP contribution in [0.4, 0.5) is 0 Å². The molecule has 0 amide bonds. The molecule has 6 heavy (non-hydrogen) atoms. The molecular weight excluding hydrogens is 96.3 g/mol. The number of hydrogen-bond acceptors (Lipinski definition) is 1. The highest BCUT2D eigenvalue weighted by Gasteiger charge is 1.98. The Morgan fingerprint density at radius 3 is 2.00 bits per heavy atom. The minimum Gasteiger partial charge on any atom is -0.335 e. The predicted octanol–water partition coefficient (Wildman–Crippen LogP) is 0.0670. The van der Waals surface area contributed by atoms with Crippen LogP contribution in [-0.4, -0.2) is 19.2 Å². The highest BCUT2D eigenvalue weighted by Crippen LogP contribution is 1.92. The Hall–Kier alpha value is 0.315. The zero-order chi connectivity index (χ0) is 5.15. The smallest absolute Gasteiger partial charge is 0.0923 e. The van der Waals surface area contributed by atoms with E-state index in [1.54, 1.807) is 6.92 Å². The summed E-state index contributed by atoms with van der Waals surface area (Å²) in [4.78, 5) is 0. The van der Waals surface area contributed by atoms with Crippen LogP contribution in [0.5, 0.6) is 0 Å². The first-order valence-electron chi connectivity index (χ1n) is 1.80. The molecule has 0 aromatic heterocycles. The van der Waals surface area contributed by atoms with E-state index in [9.17, 15) is 0 Å². The van der Waals surface area contributed by atoms with Crippen molar-refractivity contribution in [2.45, 2.75) is 18.2 Å². The molecule has 0 bridgehead atoms. The lowest BCUT2D eigenvalue weighted by Crippen LogP contribution is -2.28. The molecule has 34 valence electrons. The molecule has 0 heterocycles. The molecular formula is C3H7BClN. The zero-order valence-electron chi connectivity index (χ0n) is 3.69. The van der Waals surface area contributed by atoms with E-state index in [-0.39, 0.29) is 11.3 Å². The van der Waals surface area contributed by atoms with Gasteiger partial charge in [-0.05, 0) is 12.9 Å². The van der Waals surface area contributed by atoms with E-state index in [1.165, 1.54) is 0 Å². The van der Waals surface area contributed by atoms with Crippen LogP contribution in [0.1, 0.15) is 6.92 Å². The van der Waals surface area contributed by atoms with Crippen molar-refractivity contribution in [3.63, 3.8) is 0 Å². The van der Waals surface area contributed by atoms with Crippen molar-refractivity contribution in [3.8, 4) is 0 Å². The van der Waals surface area contributed by atoms with E-state index in [0.717, 1.165) is 0 Å². The quantitative estimate of drug-likeness (QED) is 0.369. The summed E-state index contributed by atoms with van der Waals surface area (Å²) in [6.07, 6.45) is 0. The summed E-state index contributed by atoms with van der Waals surface area (Å²) >= 11 is 5.36. The molecule has 0 aromatic carbocycles. The standard InChI is InChI=1S/C3H7BClN/c1-2(5)3(4)6/h2-3H,6H2,1H3. The van der Waals surface area contributed by atoms with E-state index in [4.69, 9.17) is 25.2 Å². The van der Waals surface area contributed by atoms with Gasteiger partial charge in [0, 0.05) is 5.38 Å². The lowest BCUT2D eigenvalue weighted by atomic mass is 9.95. The molecule has 0 rings (SSSR count). The normalized spacial score (nSPS) is 19.8. The van der Waals surface area contributed by atoms with Crippen molar-refractivity contribution in [1.29, 1.82) is 0 Å². The first-order chi connectivity index (χ1) is 2.64. The molecule has 0 aliphatic heterocycles. The fourth-order valence-electron chi connectivity index (χ4n) is 0. The Kier molecular flexibility index (Phi) is 2.61. The Morgan fingerprint density at radius 2 is 2.00 bits per heavy atom. The van der Waals surface area contributed by atoms with Gasteiger partial charge in [-0.15, -0.1) is 11.6 Å². The fourth-order valence-corrected chi connectivity index (χ4v) is 0. The van der Waals surface area contributed by atoms with Crippen LogP contribution in [0.25, 0.3) is 0 Å². The molecule has 0 aliphatic rings. The number of alkyl halides is 1. The van der Waals surface area contributed by atoms with Crippen LogP contribution in [0.2, 0.25) is 0 Å². The number of nitrogens with two attached hydrogens (primary N) is 1. The van der Waals surface area contributed by atoms with Gasteiger partial charge in [-0.2, -0.15) is 0 Å². The fraction of sp³-hybridized carbons (Fsp3) is 1.00. The van der Waals surface area contributed by atoms with Crippen molar-refractivity contribution in [2.75, 3.05) is 0 Å². The molecule has 0 saturated carbocycles. The van der Waals surface area contributed by atoms with Gasteiger partial charge < -0.3 is 5.73 Å². The molecule has 2 atom stereocenters. The van der Waals surface area contributed by atoms with Gasteiger partial charge >= 0.3 is 0 Å². The predicted molar refractivity (Wildman–Crippen MR) is 29.0 cm³/mol. The molecule has 2 N–H and O–H groups in total. The summed E-state index contributed by atoms with van der Waals surface area (Å²) in [5, 5.41) is -0.120. The summed E-state index contributed by atoms with van der Waals surface area (Å²) in [7, 11) is 5.08. The van der Waals surface area contributed by atoms with E-state index in [1.807, 2.05) is 0 Å². The summed E-state index contributed by atoms with van der Waals surface area (Å²) < 4.78 is 0. The molecule has 1 nitrogen and oxygen atoms in total. The third kappa shape index (κ3) is 2.55. The number of rotatable bonds is 1. The second kappa shape index (κ2) is 2.48. The number of halogens is 1. The molecule has 0 spiro atoms. The minimum absolute atomic E-state index is 0.120. The van der Waals surface area contributed by atoms with Crippen LogP contribution in [-0.2, 0) is 0 Å². The van der Waals surface area contributed by atoms with E-state index >= 15 is 0 Å². The summed E-state index contributed by atoms with van der Waals surface area (Å²) in [5.74, 6) is -0.383. The van der Waals surface area contributed by atoms with Crippen LogP contribution in [0.3, 0.4) is 0 Å². The minimum atomic E-state index is -0.383. The van der Waals surface area contributed by atoms with Gasteiger partial charge in [0.25, 0.3) is 0 Å². The van der Waals surface area contributed by atoms with Gasteiger partial charge in [0.15, 0.2) is 0 Å². The van der Waals surface area contributed by atoms with Crippen molar-refractivity contribution in [2.24, 2.45) is 5.73 Å². The van der Waals surface area contributed by atoms with E-state index in [0.29, 0.717) is 0 Å². The maximum absolute atomic E-state index is 5.36. The molecule has 2 unspecified atom stereocenters. The van der Waals surface area contributed by atoms with Gasteiger partial charge in [-0.3, -0.25) is 0 Å². The summed E-state index contributed by atoms with van der Waals surface area (Å²) in [5.41, 5.74) is 5.08. The molecule has 3 heteroatoms. The second-order valence-corrected chi connectivity index (χ2v) is 1.94. The van der Waals surface area contributed by atoms with E-state index < -0.39 is 0 Å². The summed E-state index contributed by atoms with van der Waals surface area (Å²) in [6, 6.07) is 0. The second-order valence-electron chi connectivity index (χ2n) is 1.25. The van der Waals surface area contributed by atoms with Crippen LogP contribution in [0, 0.1) is 0 Å². The molecule has 0 aromatic rings. The lowest BCUT2D eigenvalue weighted by molar-refractivity contribution is 0.865. The Morgan fingerprint density at radius 1 is 1.83 bits per heavy atom. The third-order valence-corrected chi connectivity index (χ3v) is 0.821. The van der Waals surface area contributed by atoms with Crippen LogP contribution < -0.4 is 5.73 Å². The highest BCUT2D eigenvalue weighted by atomic mass is 35.5. The highest BCUT2D eigenvalue weighted by molar-refractivity contribution is 6.26. The molecule has 0 saturated heterocycles. The lowest BCUT2D eigenvalue weighted by Gasteiger charge is -2.03. The Bertz CT molecular complexity index is 31.8. The first-order valence-corrected chi connectivity index (χ1v) is 2.23. The van der Waals surface area contributed by atoms with Gasteiger partial charge in [-0.1, -0.05) is 0 Å². The third-order valence-electron chi connectivity index (χ3n) is 0.530. The van der Waals surface area contributed by atoms with Crippen LogP contribution >= 0.6 is 11.6 Å². The average molecular weight is 103 g/mol. The zero-order valence-corrected chi connectivity index (χ0v) is 4.44. The Balaban J connectivity index is 2.99. The van der Waals surface area contributed by atoms with Gasteiger partial charge in [-0.25, -0.2) is 0 Å². The van der Waals surface area contributed by atoms with Crippen molar-refractivity contribution < 1.29 is 0 Å². The molecule has 0 fully saturated rings. The SMILES string of the molecule is [B]C(N)C(C)Cl. The van der Waals surface area contributed by atoms with Gasteiger partial charge in [0.05, 0.1) is 7.85 Å². The van der Waals surface area contributed by atoms with E-state index in [2.05, 4.69) is 0 Å². The summed E-state index contributed by atoms with van der Waals surface area (Å²) in [6.45, 7) is 1.76. The van der Waals surface area contributed by atoms with Crippen LogP contribution in [0.15, 0.2) is 0 Å². The largest absolute Gasteiger partial charge is 0.335 e. The van der Waals surface area contributed by atoms with Crippen molar-refractivity contribution >= 4 is 19.4 Å².